The summed E-state index contributed by atoms with van der Waals surface area (Å²) < 4.78 is 58.8. The van der Waals surface area contributed by atoms with E-state index < -0.39 is 34.0 Å². The van der Waals surface area contributed by atoms with Gasteiger partial charge in [-0.3, -0.25) is 9.08 Å². The van der Waals surface area contributed by atoms with Gasteiger partial charge < -0.3 is 16.2 Å². The summed E-state index contributed by atoms with van der Waals surface area (Å²) in [5.41, 5.74) is 9.96. The minimum atomic E-state index is -4.33. The summed E-state index contributed by atoms with van der Waals surface area (Å²) in [5.74, 6) is -2.42. The number of carbonyl (C=O) groups excluding carboxylic acids is 1. The van der Waals surface area contributed by atoms with Gasteiger partial charge in [0.25, 0.3) is 6.43 Å². The summed E-state index contributed by atoms with van der Waals surface area (Å²) in [6, 6.07) is 4.11. The molecule has 1 aliphatic heterocycles. The van der Waals surface area contributed by atoms with E-state index in [9.17, 15) is 22.0 Å². The SMILES string of the molecule is NC(N)=NOS(=O)(=O)CC(=O)C1=Cc2cccc(C(F)F)c2OCC1. The molecule has 4 N–H and O–H groups in total. The molecule has 2 rings (SSSR count). The fourth-order valence-corrected chi connectivity index (χ4v) is 2.91. The van der Waals surface area contributed by atoms with Gasteiger partial charge in [-0.05, 0) is 17.3 Å². The minimum Gasteiger partial charge on any atom is -0.492 e. The second kappa shape index (κ2) is 7.47. The van der Waals surface area contributed by atoms with Crippen LogP contribution in [-0.2, 0) is 19.2 Å². The highest BCUT2D eigenvalue weighted by Crippen LogP contribution is 2.35. The van der Waals surface area contributed by atoms with Crippen LogP contribution in [0.1, 0.15) is 24.0 Å². The zero-order chi connectivity index (χ0) is 18.6. The first-order chi connectivity index (χ1) is 11.7. The number of carbonyl (C=O) groups is 1. The number of Topliss-reactive ketones (excluding diaryl/α,β-unsaturated/α-hetero) is 1. The van der Waals surface area contributed by atoms with Gasteiger partial charge in [-0.25, -0.2) is 8.78 Å². The first kappa shape index (κ1) is 18.6. The van der Waals surface area contributed by atoms with Gasteiger partial charge >= 0.3 is 10.1 Å². The maximum Gasteiger partial charge on any atom is 0.336 e. The van der Waals surface area contributed by atoms with Crippen molar-refractivity contribution in [1.29, 1.82) is 0 Å². The van der Waals surface area contributed by atoms with Gasteiger partial charge in [-0.1, -0.05) is 12.1 Å². The molecule has 0 aromatic heterocycles. The van der Waals surface area contributed by atoms with Crippen LogP contribution in [0.4, 0.5) is 8.78 Å². The molecule has 0 amide bonds. The van der Waals surface area contributed by atoms with Crippen LogP contribution in [-0.4, -0.2) is 32.5 Å². The second-order valence-electron chi connectivity index (χ2n) is 5.05. The molecule has 136 valence electrons. The number of ketones is 1. The third-order valence-electron chi connectivity index (χ3n) is 3.18. The molecule has 0 bridgehead atoms. The van der Waals surface area contributed by atoms with Gasteiger partial charge in [0.2, 0.25) is 5.96 Å². The summed E-state index contributed by atoms with van der Waals surface area (Å²) in [6.07, 6.45) is -1.37. The molecule has 0 fully saturated rings. The normalized spacial score (nSPS) is 14.0. The fourth-order valence-electron chi connectivity index (χ4n) is 2.15. The summed E-state index contributed by atoms with van der Waals surface area (Å²) in [4.78, 5) is 12.2. The standard InChI is InChI=1S/C14H15F2N3O5S/c15-13(16)10-3-1-2-9-6-8(4-5-23-12(9)10)11(20)7-25(21,22)24-19-14(17)18/h1-3,6,13H,4-5,7H2,(H4,17,18,19). The molecule has 1 heterocycles. The fraction of sp³-hybridized carbons (Fsp3) is 0.286. The quantitative estimate of drug-likeness (QED) is 0.428. The van der Waals surface area contributed by atoms with Crippen LogP contribution in [0.15, 0.2) is 28.9 Å². The van der Waals surface area contributed by atoms with E-state index in [0.717, 1.165) is 0 Å². The molecule has 0 saturated carbocycles. The number of para-hydroxylation sites is 1. The van der Waals surface area contributed by atoms with E-state index in [-0.39, 0.29) is 35.5 Å². The van der Waals surface area contributed by atoms with Crippen molar-refractivity contribution >= 4 is 27.9 Å². The molecule has 0 atom stereocenters. The minimum absolute atomic E-state index is 0.0279. The molecule has 0 spiro atoms. The van der Waals surface area contributed by atoms with E-state index in [1.54, 1.807) is 0 Å². The molecular formula is C14H15F2N3O5S. The first-order valence-corrected chi connectivity index (χ1v) is 8.55. The number of halogens is 2. The van der Waals surface area contributed by atoms with Crippen molar-refractivity contribution in [3.63, 3.8) is 0 Å². The number of hydrogen-bond acceptors (Lipinski definition) is 6. The van der Waals surface area contributed by atoms with Crippen LogP contribution in [0.2, 0.25) is 0 Å². The third kappa shape index (κ3) is 4.89. The number of ether oxygens (including phenoxy) is 1. The van der Waals surface area contributed by atoms with E-state index in [4.69, 9.17) is 16.2 Å². The lowest BCUT2D eigenvalue weighted by Crippen LogP contribution is -2.25. The lowest BCUT2D eigenvalue weighted by Gasteiger charge is -2.11. The van der Waals surface area contributed by atoms with Gasteiger partial charge in [-0.15, -0.1) is 0 Å². The number of benzene rings is 1. The summed E-state index contributed by atoms with van der Waals surface area (Å²) in [6.45, 7) is -0.0525. The van der Waals surface area contributed by atoms with E-state index in [2.05, 4.69) is 9.44 Å². The summed E-state index contributed by atoms with van der Waals surface area (Å²) in [5, 5.41) is 2.88. The summed E-state index contributed by atoms with van der Waals surface area (Å²) >= 11 is 0. The van der Waals surface area contributed by atoms with E-state index >= 15 is 0 Å². The first-order valence-electron chi connectivity index (χ1n) is 6.97. The van der Waals surface area contributed by atoms with Crippen molar-refractivity contribution < 1.29 is 31.0 Å². The van der Waals surface area contributed by atoms with Gasteiger partial charge in [0.15, 0.2) is 11.5 Å². The Labute approximate surface area is 142 Å². The van der Waals surface area contributed by atoms with Crippen molar-refractivity contribution in [1.82, 2.24) is 0 Å². The number of fused-ring (bicyclic) bond motifs is 1. The Bertz CT molecular complexity index is 833. The van der Waals surface area contributed by atoms with Crippen molar-refractivity contribution in [3.8, 4) is 5.75 Å². The number of hydrogen-bond donors (Lipinski definition) is 2. The maximum atomic E-state index is 13.0. The Morgan fingerprint density at radius 1 is 1.36 bits per heavy atom. The number of nitrogens with two attached hydrogens (primary N) is 2. The Morgan fingerprint density at radius 3 is 2.72 bits per heavy atom. The van der Waals surface area contributed by atoms with Gasteiger partial charge in [0, 0.05) is 17.6 Å². The van der Waals surface area contributed by atoms with E-state index in [1.165, 1.54) is 24.3 Å². The molecule has 0 unspecified atom stereocenters. The molecule has 1 aromatic carbocycles. The van der Waals surface area contributed by atoms with Crippen molar-refractivity contribution in [2.45, 2.75) is 12.8 Å². The monoisotopic (exact) mass is 375 g/mol. The van der Waals surface area contributed by atoms with E-state index in [0.29, 0.717) is 0 Å². The molecule has 8 nitrogen and oxygen atoms in total. The highest BCUT2D eigenvalue weighted by atomic mass is 32.2. The summed E-state index contributed by atoms with van der Waals surface area (Å²) in [7, 11) is -4.33. The third-order valence-corrected chi connectivity index (χ3v) is 4.10. The molecular weight excluding hydrogens is 360 g/mol. The molecule has 0 aliphatic carbocycles. The Balaban J connectivity index is 2.26. The number of oxime groups is 1. The van der Waals surface area contributed by atoms with Crippen LogP contribution >= 0.6 is 0 Å². The average molecular weight is 375 g/mol. The zero-order valence-electron chi connectivity index (χ0n) is 12.8. The number of guanidine groups is 1. The lowest BCUT2D eigenvalue weighted by molar-refractivity contribution is -0.113. The van der Waals surface area contributed by atoms with Gasteiger partial charge in [0.05, 0.1) is 12.2 Å². The van der Waals surface area contributed by atoms with Crippen LogP contribution in [0, 0.1) is 0 Å². The topological polar surface area (TPSA) is 134 Å². The molecule has 0 saturated heterocycles. The van der Waals surface area contributed by atoms with Crippen LogP contribution < -0.4 is 16.2 Å². The smallest absolute Gasteiger partial charge is 0.336 e. The predicted molar refractivity (Wildman–Crippen MR) is 85.2 cm³/mol. The lowest BCUT2D eigenvalue weighted by atomic mass is 10.0. The van der Waals surface area contributed by atoms with Crippen molar-refractivity contribution in [3.05, 3.63) is 34.9 Å². The highest BCUT2D eigenvalue weighted by Gasteiger charge is 2.25. The Kier molecular flexibility index (Phi) is 5.57. The largest absolute Gasteiger partial charge is 0.492 e. The van der Waals surface area contributed by atoms with Crippen LogP contribution in [0.3, 0.4) is 0 Å². The van der Waals surface area contributed by atoms with Crippen LogP contribution in [0.5, 0.6) is 5.75 Å². The number of nitrogens with zero attached hydrogens (tertiary/aromatic N) is 1. The predicted octanol–water partition coefficient (Wildman–Crippen LogP) is 0.894. The van der Waals surface area contributed by atoms with Gasteiger partial charge in [-0.2, -0.15) is 8.42 Å². The number of rotatable bonds is 6. The molecule has 25 heavy (non-hydrogen) atoms. The Morgan fingerprint density at radius 2 is 2.08 bits per heavy atom. The molecule has 11 heteroatoms. The van der Waals surface area contributed by atoms with Crippen molar-refractivity contribution in [2.24, 2.45) is 16.6 Å². The van der Waals surface area contributed by atoms with Crippen LogP contribution in [0.25, 0.3) is 6.08 Å². The van der Waals surface area contributed by atoms with Crippen molar-refractivity contribution in [2.75, 3.05) is 12.4 Å². The average Bonchev–Trinajstić information content (AvgIpc) is 2.74. The molecule has 1 aliphatic rings. The highest BCUT2D eigenvalue weighted by molar-refractivity contribution is 7.87. The van der Waals surface area contributed by atoms with Gasteiger partial charge in [0.1, 0.15) is 5.75 Å². The number of alkyl halides is 2. The van der Waals surface area contributed by atoms with E-state index in [1.807, 2.05) is 0 Å². The Hall–Kier alpha value is -2.69. The zero-order valence-corrected chi connectivity index (χ0v) is 13.6. The molecule has 0 radical (unpaired) electrons. The molecule has 1 aromatic rings. The second-order valence-corrected chi connectivity index (χ2v) is 6.60. The maximum absolute atomic E-state index is 13.0.